The predicted molar refractivity (Wildman–Crippen MR) is 28.9 cm³/mol. The Hall–Kier alpha value is 0.176. The van der Waals surface area contributed by atoms with Crippen LogP contribution in [0.3, 0.4) is 0 Å². The van der Waals surface area contributed by atoms with E-state index in [1.165, 1.54) is 25.0 Å². The summed E-state index contributed by atoms with van der Waals surface area (Å²) >= 11 is 0. The third-order valence-corrected chi connectivity index (χ3v) is 1.80. The summed E-state index contributed by atoms with van der Waals surface area (Å²) in [5.41, 5.74) is 1.49. The van der Waals surface area contributed by atoms with Crippen molar-refractivity contribution in [1.82, 2.24) is 5.32 Å². The zero-order valence-corrected chi connectivity index (χ0v) is 7.17. The minimum atomic E-state index is 0. The first-order valence-electron chi connectivity index (χ1n) is 2.91. The molecule has 1 N–H and O–H groups in total. The molecule has 2 bridgehead atoms. The molecule has 46 valence electrons. The summed E-state index contributed by atoms with van der Waals surface area (Å²) in [6.07, 6.45) is 6.29. The summed E-state index contributed by atoms with van der Waals surface area (Å²) in [4.78, 5) is 0. The van der Waals surface area contributed by atoms with Crippen LogP contribution in [0.4, 0.5) is 0 Å². The third kappa shape index (κ3) is 0.823. The van der Waals surface area contributed by atoms with Gasteiger partial charge in [-0.1, -0.05) is 6.08 Å². The van der Waals surface area contributed by atoms with Crippen molar-refractivity contribution in [1.29, 1.82) is 0 Å². The van der Waals surface area contributed by atoms with Gasteiger partial charge >= 0.3 is 0 Å². The monoisotopic (exact) mass is 287 g/mol. The fourth-order valence-corrected chi connectivity index (χ4v) is 1.36. The molecule has 0 aromatic heterocycles. The molecule has 1 atom stereocenters. The van der Waals surface area contributed by atoms with Crippen molar-refractivity contribution < 1.29 is 19.8 Å². The first-order chi connectivity index (χ1) is 3.45. The molecule has 0 saturated carbocycles. The van der Waals surface area contributed by atoms with Gasteiger partial charge in [0.2, 0.25) is 0 Å². The third-order valence-electron chi connectivity index (χ3n) is 1.80. The SMILES string of the molecule is C1=C2CCC(C1)N2.[Os]. The van der Waals surface area contributed by atoms with Gasteiger partial charge in [0.05, 0.1) is 0 Å². The zero-order valence-electron chi connectivity index (χ0n) is 4.63. The molecule has 1 fully saturated rings. The van der Waals surface area contributed by atoms with Gasteiger partial charge in [-0.2, -0.15) is 0 Å². The summed E-state index contributed by atoms with van der Waals surface area (Å²) in [5, 5.41) is 3.39. The topological polar surface area (TPSA) is 12.0 Å². The van der Waals surface area contributed by atoms with Crippen LogP contribution in [0.25, 0.3) is 0 Å². The van der Waals surface area contributed by atoms with Crippen LogP contribution in [0.2, 0.25) is 0 Å². The molecule has 1 nitrogen and oxygen atoms in total. The van der Waals surface area contributed by atoms with Crippen LogP contribution in [0.5, 0.6) is 0 Å². The molecular formula is C6H9NOs. The summed E-state index contributed by atoms with van der Waals surface area (Å²) in [6, 6.07) is 0.829. The normalized spacial score (nSPS) is 31.0. The van der Waals surface area contributed by atoms with Gasteiger partial charge in [-0.25, -0.2) is 0 Å². The van der Waals surface area contributed by atoms with E-state index in [1.54, 1.807) is 0 Å². The van der Waals surface area contributed by atoms with E-state index in [1.807, 2.05) is 0 Å². The van der Waals surface area contributed by atoms with Crippen molar-refractivity contribution in [3.05, 3.63) is 11.8 Å². The van der Waals surface area contributed by atoms with E-state index in [-0.39, 0.29) is 19.8 Å². The molecule has 0 aromatic rings. The average Bonchev–Trinajstić information content (AvgIpc) is 2.22. The van der Waals surface area contributed by atoms with Crippen LogP contribution in [0, 0.1) is 0 Å². The number of hydrogen-bond donors (Lipinski definition) is 1. The van der Waals surface area contributed by atoms with Crippen molar-refractivity contribution in [3.63, 3.8) is 0 Å². The fraction of sp³-hybridized carbons (Fsp3) is 0.667. The minimum Gasteiger partial charge on any atom is -0.386 e. The quantitative estimate of drug-likeness (QED) is 0.701. The largest absolute Gasteiger partial charge is 0.386 e. The van der Waals surface area contributed by atoms with E-state index >= 15 is 0 Å². The van der Waals surface area contributed by atoms with E-state index in [9.17, 15) is 0 Å². The number of rotatable bonds is 0. The predicted octanol–water partition coefficient (Wildman–Crippen LogP) is 1.02. The van der Waals surface area contributed by atoms with E-state index in [4.69, 9.17) is 0 Å². The molecule has 0 radical (unpaired) electrons. The molecule has 1 saturated heterocycles. The van der Waals surface area contributed by atoms with Gasteiger partial charge in [-0.05, 0) is 19.3 Å². The van der Waals surface area contributed by atoms with Crippen LogP contribution in [-0.2, 0) is 19.8 Å². The second-order valence-corrected chi connectivity index (χ2v) is 2.35. The van der Waals surface area contributed by atoms with Gasteiger partial charge in [-0.15, -0.1) is 0 Å². The van der Waals surface area contributed by atoms with Crippen LogP contribution >= 0.6 is 0 Å². The van der Waals surface area contributed by atoms with Gasteiger partial charge in [0, 0.05) is 31.5 Å². The molecule has 2 heteroatoms. The number of allylic oxidation sites excluding steroid dienone is 1. The second-order valence-electron chi connectivity index (χ2n) is 2.35. The molecule has 8 heavy (non-hydrogen) atoms. The summed E-state index contributed by atoms with van der Waals surface area (Å²) < 4.78 is 0. The van der Waals surface area contributed by atoms with E-state index in [2.05, 4.69) is 11.4 Å². The van der Waals surface area contributed by atoms with Gasteiger partial charge in [0.25, 0.3) is 0 Å². The molecule has 2 aliphatic heterocycles. The standard InChI is InChI=1S/C6H9N.Os/c1-2-6-4-3-5(1)7-6;/h1,6-7H,2-4H2;. The van der Waals surface area contributed by atoms with Crippen LogP contribution in [-0.4, -0.2) is 6.04 Å². The van der Waals surface area contributed by atoms with Gasteiger partial charge in [-0.3, -0.25) is 0 Å². The minimum absolute atomic E-state index is 0. The maximum Gasteiger partial charge on any atom is 0.0297 e. The van der Waals surface area contributed by atoms with Crippen molar-refractivity contribution in [2.75, 3.05) is 0 Å². The van der Waals surface area contributed by atoms with Crippen molar-refractivity contribution in [2.24, 2.45) is 0 Å². The summed E-state index contributed by atoms with van der Waals surface area (Å²) in [7, 11) is 0. The molecule has 2 rings (SSSR count). The van der Waals surface area contributed by atoms with Crippen molar-refractivity contribution >= 4 is 0 Å². The molecule has 0 aliphatic carbocycles. The Morgan fingerprint density at radius 2 is 2.50 bits per heavy atom. The molecule has 0 aromatic carbocycles. The van der Waals surface area contributed by atoms with Crippen LogP contribution in [0.15, 0.2) is 11.8 Å². The average molecular weight is 285 g/mol. The molecule has 2 heterocycles. The molecule has 0 spiro atoms. The van der Waals surface area contributed by atoms with Crippen molar-refractivity contribution in [3.8, 4) is 0 Å². The Labute approximate surface area is 62.6 Å². The number of nitrogens with one attached hydrogen (secondary N) is 1. The first kappa shape index (κ1) is 6.30. The van der Waals surface area contributed by atoms with Gasteiger partial charge < -0.3 is 5.32 Å². The Kier molecular flexibility index (Phi) is 1.73. The summed E-state index contributed by atoms with van der Waals surface area (Å²) in [5.74, 6) is 0. The number of hydrogen-bond acceptors (Lipinski definition) is 1. The second kappa shape index (κ2) is 2.19. The Morgan fingerprint density at radius 3 is 2.62 bits per heavy atom. The molecule has 1 unspecified atom stereocenters. The van der Waals surface area contributed by atoms with E-state index < -0.39 is 0 Å². The maximum atomic E-state index is 3.39. The fourth-order valence-electron chi connectivity index (χ4n) is 1.36. The van der Waals surface area contributed by atoms with E-state index in [0.717, 1.165) is 6.04 Å². The van der Waals surface area contributed by atoms with Crippen molar-refractivity contribution in [2.45, 2.75) is 25.3 Å². The molecule has 2 aliphatic rings. The van der Waals surface area contributed by atoms with Gasteiger partial charge in [0.1, 0.15) is 0 Å². The smallest absolute Gasteiger partial charge is 0.0297 e. The maximum absolute atomic E-state index is 3.39. The molecule has 0 amide bonds. The van der Waals surface area contributed by atoms with Gasteiger partial charge in [0.15, 0.2) is 0 Å². The van der Waals surface area contributed by atoms with E-state index in [0.29, 0.717) is 0 Å². The first-order valence-corrected chi connectivity index (χ1v) is 2.91. The Balaban J connectivity index is 0.000000320. The number of fused-ring (bicyclic) bond motifs is 2. The van der Waals surface area contributed by atoms with Crippen LogP contribution in [0.1, 0.15) is 19.3 Å². The summed E-state index contributed by atoms with van der Waals surface area (Å²) in [6.45, 7) is 0. The Bertz CT molecular complexity index is 120. The van der Waals surface area contributed by atoms with Crippen LogP contribution < -0.4 is 5.32 Å². The Morgan fingerprint density at radius 1 is 1.62 bits per heavy atom. The zero-order chi connectivity index (χ0) is 4.69. The molecular weight excluding hydrogens is 276 g/mol.